The first-order chi connectivity index (χ1) is 10.9. The third-order valence-electron chi connectivity index (χ3n) is 3.88. The lowest BCUT2D eigenvalue weighted by Gasteiger charge is -2.23. The van der Waals surface area contributed by atoms with E-state index < -0.39 is 24.5 Å². The molecule has 2 atom stereocenters. The highest BCUT2D eigenvalue weighted by atomic mass is 32.1. The fourth-order valence-electron chi connectivity index (χ4n) is 2.69. The Kier molecular flexibility index (Phi) is 4.14. The van der Waals surface area contributed by atoms with E-state index in [0.717, 1.165) is 15.3 Å². The van der Waals surface area contributed by atoms with Crippen molar-refractivity contribution in [3.05, 3.63) is 46.3 Å². The van der Waals surface area contributed by atoms with Gasteiger partial charge in [-0.25, -0.2) is 4.98 Å². The molecule has 7 heteroatoms. The van der Waals surface area contributed by atoms with Crippen molar-refractivity contribution in [3.63, 3.8) is 0 Å². The highest BCUT2D eigenvalue weighted by Gasteiger charge is 2.49. The molecule has 0 saturated heterocycles. The predicted molar refractivity (Wildman–Crippen MR) is 82.5 cm³/mol. The summed E-state index contributed by atoms with van der Waals surface area (Å²) in [4.78, 5) is 18.4. The molecule has 2 heterocycles. The van der Waals surface area contributed by atoms with Gasteiger partial charge in [-0.05, 0) is 42.5 Å². The number of rotatable bonds is 4. The first-order valence-electron chi connectivity index (χ1n) is 7.20. The minimum absolute atomic E-state index is 0.0296. The van der Waals surface area contributed by atoms with Crippen LogP contribution in [0.1, 0.15) is 22.8 Å². The lowest BCUT2D eigenvalue weighted by molar-refractivity contribution is -0.133. The average Bonchev–Trinajstić information content (AvgIpc) is 3.18. The number of nitrogens with zero attached hydrogens (tertiary/aromatic N) is 2. The molecule has 0 bridgehead atoms. The Hall–Kier alpha value is -1.89. The molecule has 0 aliphatic heterocycles. The van der Waals surface area contributed by atoms with Gasteiger partial charge in [0.1, 0.15) is 12.4 Å². The first kappa shape index (κ1) is 16.0. The molecule has 3 nitrogen and oxygen atoms in total. The summed E-state index contributed by atoms with van der Waals surface area (Å²) in [6.45, 7) is 0.646. The quantitative estimate of drug-likeness (QED) is 0.838. The zero-order valence-corrected chi connectivity index (χ0v) is 13.2. The molecule has 1 aliphatic rings. The largest absolute Gasteiger partial charge is 0.406 e. The van der Waals surface area contributed by atoms with E-state index in [0.29, 0.717) is 6.42 Å². The van der Waals surface area contributed by atoms with Gasteiger partial charge < -0.3 is 0 Å². The van der Waals surface area contributed by atoms with Crippen molar-refractivity contribution >= 4 is 23.1 Å². The van der Waals surface area contributed by atoms with E-state index in [2.05, 4.69) is 4.98 Å². The van der Waals surface area contributed by atoms with Crippen molar-refractivity contribution in [2.75, 3.05) is 11.4 Å². The molecule has 1 aliphatic carbocycles. The Morgan fingerprint density at radius 1 is 1.39 bits per heavy atom. The standard InChI is InChI=1S/C16H15F3N2OS/c1-10-5-7-23-14(10)11-8-12(11)15(22)21(9-16(17,18)19)13-4-2-3-6-20-13/h2-7,11-12H,8-9H2,1H3/t11-,12+/m1/s1. The lowest BCUT2D eigenvalue weighted by Crippen LogP contribution is -2.40. The van der Waals surface area contributed by atoms with E-state index in [1.807, 2.05) is 18.4 Å². The summed E-state index contributed by atoms with van der Waals surface area (Å²) in [7, 11) is 0. The molecule has 122 valence electrons. The van der Waals surface area contributed by atoms with E-state index in [4.69, 9.17) is 0 Å². The van der Waals surface area contributed by atoms with Gasteiger partial charge in [0.2, 0.25) is 5.91 Å². The number of alkyl halides is 3. The second-order valence-corrected chi connectivity index (χ2v) is 6.59. The van der Waals surface area contributed by atoms with Gasteiger partial charge in [0.05, 0.1) is 0 Å². The number of hydrogen-bond acceptors (Lipinski definition) is 3. The summed E-state index contributed by atoms with van der Waals surface area (Å²) in [6, 6.07) is 6.57. The van der Waals surface area contributed by atoms with Crippen LogP contribution in [0.25, 0.3) is 0 Å². The summed E-state index contributed by atoms with van der Waals surface area (Å²) in [5.74, 6) is -0.819. The average molecular weight is 340 g/mol. The monoisotopic (exact) mass is 340 g/mol. The van der Waals surface area contributed by atoms with E-state index in [-0.39, 0.29) is 11.7 Å². The second-order valence-electron chi connectivity index (χ2n) is 5.64. The summed E-state index contributed by atoms with van der Waals surface area (Å²) in [5, 5.41) is 1.94. The van der Waals surface area contributed by atoms with E-state index >= 15 is 0 Å². The maximum Gasteiger partial charge on any atom is 0.406 e. The van der Waals surface area contributed by atoms with Crippen LogP contribution >= 0.6 is 11.3 Å². The minimum atomic E-state index is -4.46. The molecule has 23 heavy (non-hydrogen) atoms. The lowest BCUT2D eigenvalue weighted by atomic mass is 10.2. The molecule has 0 N–H and O–H groups in total. The topological polar surface area (TPSA) is 33.2 Å². The van der Waals surface area contributed by atoms with Crippen molar-refractivity contribution in [3.8, 4) is 0 Å². The van der Waals surface area contributed by atoms with Gasteiger partial charge in [0.15, 0.2) is 0 Å². The Morgan fingerprint density at radius 2 is 2.17 bits per heavy atom. The third-order valence-corrected chi connectivity index (χ3v) is 5.03. The van der Waals surface area contributed by atoms with Crippen LogP contribution in [0.15, 0.2) is 35.8 Å². The number of carbonyl (C=O) groups excluding carboxylic acids is 1. The van der Waals surface area contributed by atoms with Crippen LogP contribution in [0, 0.1) is 12.8 Å². The number of aromatic nitrogens is 1. The number of thiophene rings is 1. The first-order valence-corrected chi connectivity index (χ1v) is 8.08. The van der Waals surface area contributed by atoms with Crippen molar-refractivity contribution in [2.45, 2.75) is 25.4 Å². The number of amides is 1. The molecule has 0 unspecified atom stereocenters. The van der Waals surface area contributed by atoms with Crippen molar-refractivity contribution in [2.24, 2.45) is 5.92 Å². The second kappa shape index (κ2) is 5.96. The fraction of sp³-hybridized carbons (Fsp3) is 0.375. The van der Waals surface area contributed by atoms with Crippen molar-refractivity contribution in [1.29, 1.82) is 0 Å². The third kappa shape index (κ3) is 3.55. The molecular weight excluding hydrogens is 325 g/mol. The number of pyridine rings is 1. The summed E-state index contributed by atoms with van der Waals surface area (Å²) < 4.78 is 38.6. The summed E-state index contributed by atoms with van der Waals surface area (Å²) in [5.41, 5.74) is 1.09. The number of anilines is 1. The van der Waals surface area contributed by atoms with Gasteiger partial charge in [0, 0.05) is 22.9 Å². The maximum atomic E-state index is 12.9. The van der Waals surface area contributed by atoms with Crippen LogP contribution in [-0.4, -0.2) is 23.6 Å². The molecule has 2 aromatic heterocycles. The van der Waals surface area contributed by atoms with Gasteiger partial charge in [-0.1, -0.05) is 6.07 Å². The number of aryl methyl sites for hydroxylation is 1. The molecule has 3 rings (SSSR count). The highest BCUT2D eigenvalue weighted by molar-refractivity contribution is 7.10. The van der Waals surface area contributed by atoms with Crippen LogP contribution < -0.4 is 4.90 Å². The summed E-state index contributed by atoms with van der Waals surface area (Å²) >= 11 is 1.55. The Labute approximate surface area is 135 Å². The number of carbonyl (C=O) groups is 1. The van der Waals surface area contributed by atoms with Crippen LogP contribution in [0.4, 0.5) is 19.0 Å². The molecule has 1 fully saturated rings. The molecule has 1 saturated carbocycles. The predicted octanol–water partition coefficient (Wildman–Crippen LogP) is 4.15. The van der Waals surface area contributed by atoms with Crippen LogP contribution in [0.2, 0.25) is 0 Å². The Balaban J connectivity index is 1.81. The van der Waals surface area contributed by atoms with Crippen molar-refractivity contribution < 1.29 is 18.0 Å². The van der Waals surface area contributed by atoms with E-state index in [1.54, 1.807) is 23.5 Å². The van der Waals surface area contributed by atoms with Crippen LogP contribution in [-0.2, 0) is 4.79 Å². The maximum absolute atomic E-state index is 12.9. The zero-order valence-electron chi connectivity index (χ0n) is 12.4. The normalized spacial score (nSPS) is 20.3. The summed E-state index contributed by atoms with van der Waals surface area (Å²) in [6.07, 6.45) is -2.47. The van der Waals surface area contributed by atoms with Gasteiger partial charge in [-0.15, -0.1) is 11.3 Å². The Morgan fingerprint density at radius 3 is 2.74 bits per heavy atom. The smallest absolute Gasteiger partial charge is 0.287 e. The van der Waals surface area contributed by atoms with Gasteiger partial charge in [-0.2, -0.15) is 13.2 Å². The van der Waals surface area contributed by atoms with Crippen LogP contribution in [0.3, 0.4) is 0 Å². The molecule has 0 aromatic carbocycles. The zero-order chi connectivity index (χ0) is 16.6. The molecule has 0 radical (unpaired) electrons. The Bertz CT molecular complexity index is 699. The van der Waals surface area contributed by atoms with Gasteiger partial charge in [0.25, 0.3) is 0 Å². The van der Waals surface area contributed by atoms with Gasteiger partial charge >= 0.3 is 6.18 Å². The number of halogens is 3. The SMILES string of the molecule is Cc1ccsc1[C@@H]1C[C@@H]1C(=O)N(CC(F)(F)F)c1ccccn1. The van der Waals surface area contributed by atoms with E-state index in [9.17, 15) is 18.0 Å². The van der Waals surface area contributed by atoms with Crippen molar-refractivity contribution in [1.82, 2.24) is 4.98 Å². The molecular formula is C16H15F3N2OS. The highest BCUT2D eigenvalue weighted by Crippen LogP contribution is 2.51. The fourth-order valence-corrected chi connectivity index (χ4v) is 3.79. The molecule has 1 amide bonds. The molecule has 2 aromatic rings. The van der Waals surface area contributed by atoms with Crippen LogP contribution in [0.5, 0.6) is 0 Å². The molecule has 0 spiro atoms. The minimum Gasteiger partial charge on any atom is -0.287 e. The van der Waals surface area contributed by atoms with Gasteiger partial charge in [-0.3, -0.25) is 9.69 Å². The van der Waals surface area contributed by atoms with E-state index in [1.165, 1.54) is 12.3 Å². The number of hydrogen-bond donors (Lipinski definition) is 0.